The molecule has 29 heavy (non-hydrogen) atoms. The van der Waals surface area contributed by atoms with Gasteiger partial charge in [-0.2, -0.15) is 0 Å². The Bertz CT molecular complexity index is 719. The molecule has 2 heteroatoms. The Labute approximate surface area is 179 Å². The van der Waals surface area contributed by atoms with E-state index in [1.54, 1.807) is 5.57 Å². The lowest BCUT2D eigenvalue weighted by Crippen LogP contribution is -2.28. The van der Waals surface area contributed by atoms with Crippen molar-refractivity contribution in [2.45, 2.75) is 93.4 Å². The van der Waals surface area contributed by atoms with Crippen molar-refractivity contribution in [3.63, 3.8) is 0 Å². The van der Waals surface area contributed by atoms with Gasteiger partial charge in [-0.15, -0.1) is 0 Å². The van der Waals surface area contributed by atoms with E-state index < -0.39 is 0 Å². The van der Waals surface area contributed by atoms with Gasteiger partial charge < -0.3 is 4.84 Å². The fourth-order valence-corrected chi connectivity index (χ4v) is 6.73. The third kappa shape index (κ3) is 4.72. The minimum Gasteiger partial charge on any atom is -0.391 e. The van der Waals surface area contributed by atoms with E-state index in [1.807, 2.05) is 0 Å². The predicted octanol–water partition coefficient (Wildman–Crippen LogP) is 7.87. The Balaban J connectivity index is 1.63. The van der Waals surface area contributed by atoms with Crippen molar-refractivity contribution in [1.82, 2.24) is 0 Å². The molecule has 0 radical (unpaired) electrons. The van der Waals surface area contributed by atoms with Gasteiger partial charge in [-0.1, -0.05) is 55.1 Å². The molecule has 3 saturated carbocycles. The van der Waals surface area contributed by atoms with Crippen LogP contribution in [0.4, 0.5) is 0 Å². The van der Waals surface area contributed by atoms with Crippen molar-refractivity contribution >= 4 is 5.71 Å². The number of oxime groups is 1. The first-order valence-electron chi connectivity index (χ1n) is 11.8. The zero-order valence-electron chi connectivity index (χ0n) is 20.0. The molecule has 3 aliphatic rings. The molecule has 4 atom stereocenters. The van der Waals surface area contributed by atoms with Crippen molar-refractivity contribution in [3.05, 3.63) is 34.9 Å². The summed E-state index contributed by atoms with van der Waals surface area (Å²) in [6.45, 7) is 16.8. The maximum atomic E-state index is 5.65. The molecule has 162 valence electrons. The molecule has 0 unspecified atom stereocenters. The van der Waals surface area contributed by atoms with Gasteiger partial charge in [-0.3, -0.25) is 0 Å². The van der Waals surface area contributed by atoms with Crippen molar-refractivity contribution < 1.29 is 4.84 Å². The van der Waals surface area contributed by atoms with Crippen LogP contribution in [0, 0.1) is 28.6 Å². The van der Waals surface area contributed by atoms with Crippen molar-refractivity contribution in [1.29, 1.82) is 0 Å². The average Bonchev–Trinajstić information content (AvgIpc) is 3.13. The van der Waals surface area contributed by atoms with Crippen LogP contribution in [0.1, 0.15) is 93.4 Å². The van der Waals surface area contributed by atoms with E-state index in [0.717, 1.165) is 36.3 Å². The van der Waals surface area contributed by atoms with E-state index in [1.165, 1.54) is 43.3 Å². The van der Waals surface area contributed by atoms with Crippen molar-refractivity contribution in [2.24, 2.45) is 33.7 Å². The molecule has 0 spiro atoms. The normalized spacial score (nSPS) is 35.0. The summed E-state index contributed by atoms with van der Waals surface area (Å²) < 4.78 is 0. The Morgan fingerprint density at radius 1 is 1.07 bits per heavy atom. The van der Waals surface area contributed by atoms with E-state index in [-0.39, 0.29) is 0 Å². The van der Waals surface area contributed by atoms with E-state index in [0.29, 0.717) is 17.4 Å². The van der Waals surface area contributed by atoms with E-state index in [2.05, 4.69) is 71.8 Å². The highest BCUT2D eigenvalue weighted by molar-refractivity contribution is 5.93. The molecule has 0 aromatic rings. The van der Waals surface area contributed by atoms with Gasteiger partial charge in [0.1, 0.15) is 6.61 Å². The summed E-state index contributed by atoms with van der Waals surface area (Å²) in [5.74, 6) is 2.50. The lowest BCUT2D eigenvalue weighted by atomic mass is 9.68. The summed E-state index contributed by atoms with van der Waals surface area (Å²) in [6, 6.07) is 0. The van der Waals surface area contributed by atoms with Crippen LogP contribution in [0.5, 0.6) is 0 Å². The fraction of sp³-hybridized carbons (Fsp3) is 0.741. The molecule has 0 N–H and O–H groups in total. The molecule has 0 heterocycles. The van der Waals surface area contributed by atoms with Gasteiger partial charge in [0.25, 0.3) is 0 Å². The molecule has 3 rings (SSSR count). The van der Waals surface area contributed by atoms with Gasteiger partial charge in [0, 0.05) is 0 Å². The first-order valence-corrected chi connectivity index (χ1v) is 11.8. The largest absolute Gasteiger partial charge is 0.391 e. The van der Waals surface area contributed by atoms with Crippen LogP contribution in [-0.2, 0) is 4.84 Å². The molecule has 0 aromatic heterocycles. The lowest BCUT2D eigenvalue weighted by Gasteiger charge is -2.36. The zero-order valence-corrected chi connectivity index (χ0v) is 20.0. The van der Waals surface area contributed by atoms with E-state index >= 15 is 0 Å². The highest BCUT2D eigenvalue weighted by Crippen LogP contribution is 2.70. The smallest absolute Gasteiger partial charge is 0.135 e. The van der Waals surface area contributed by atoms with Crippen molar-refractivity contribution in [3.8, 4) is 0 Å². The average molecular weight is 398 g/mol. The molecule has 2 nitrogen and oxygen atoms in total. The van der Waals surface area contributed by atoms with Gasteiger partial charge in [0.2, 0.25) is 0 Å². The second-order valence-corrected chi connectivity index (χ2v) is 11.1. The Kier molecular flexibility index (Phi) is 6.81. The van der Waals surface area contributed by atoms with Gasteiger partial charge >= 0.3 is 0 Å². The van der Waals surface area contributed by atoms with Gasteiger partial charge in [-0.25, -0.2) is 0 Å². The summed E-state index contributed by atoms with van der Waals surface area (Å²) >= 11 is 0. The van der Waals surface area contributed by atoms with Crippen LogP contribution in [0.3, 0.4) is 0 Å². The second-order valence-electron chi connectivity index (χ2n) is 11.1. The standard InChI is InChI=1S/C27H43NO/c1-19(2)10-8-11-20(3)14-17-29-28-21(4)18-24-22-12-13-23-25(22)26(5,6)15-9-16-27(23,24)7/h10,14,18,22-23,25H,8-9,11-13,15-17H2,1-7H3/b20-14+,24-18-,28-21+/t22-,23-,25+,27+/m1/s1. The SMILES string of the molecule is CC(C)=CCC/C(C)=C/CO/N=C(C)/C=C1/[C@H]2CC[C@@H]3[C@H]2C(C)(C)CCC[C@]13C. The number of rotatable bonds is 7. The molecule has 3 aliphatic carbocycles. The molecule has 0 aliphatic heterocycles. The highest BCUT2D eigenvalue weighted by atomic mass is 16.6. The fourth-order valence-electron chi connectivity index (χ4n) is 6.73. The Morgan fingerprint density at radius 3 is 2.55 bits per heavy atom. The third-order valence-electron chi connectivity index (χ3n) is 8.12. The number of nitrogens with zero attached hydrogens (tertiary/aromatic N) is 1. The summed E-state index contributed by atoms with van der Waals surface area (Å²) in [4.78, 5) is 5.65. The molecular formula is C27H43NO. The Hall–Kier alpha value is -1.31. The molecule has 4 bridgehead atoms. The third-order valence-corrected chi connectivity index (χ3v) is 8.12. The van der Waals surface area contributed by atoms with Crippen LogP contribution in [-0.4, -0.2) is 12.3 Å². The van der Waals surface area contributed by atoms with Crippen LogP contribution < -0.4 is 0 Å². The van der Waals surface area contributed by atoms with Crippen LogP contribution in [0.2, 0.25) is 0 Å². The van der Waals surface area contributed by atoms with Crippen LogP contribution in [0.25, 0.3) is 0 Å². The maximum Gasteiger partial charge on any atom is 0.135 e. The van der Waals surface area contributed by atoms with Gasteiger partial charge in [0.15, 0.2) is 0 Å². The summed E-state index contributed by atoms with van der Waals surface area (Å²) in [7, 11) is 0. The summed E-state index contributed by atoms with van der Waals surface area (Å²) in [5.41, 5.74) is 6.35. The molecule has 0 saturated heterocycles. The number of hydrogen-bond donors (Lipinski definition) is 0. The molecular weight excluding hydrogens is 354 g/mol. The number of allylic oxidation sites excluding steroid dienone is 5. The second kappa shape index (κ2) is 8.82. The minimum atomic E-state index is 0.388. The number of hydrogen-bond acceptors (Lipinski definition) is 2. The van der Waals surface area contributed by atoms with E-state index in [9.17, 15) is 0 Å². The van der Waals surface area contributed by atoms with Crippen LogP contribution >= 0.6 is 0 Å². The lowest BCUT2D eigenvalue weighted by molar-refractivity contribution is 0.141. The zero-order chi connectivity index (χ0) is 21.2. The van der Waals surface area contributed by atoms with Crippen molar-refractivity contribution in [2.75, 3.05) is 6.61 Å². The summed E-state index contributed by atoms with van der Waals surface area (Å²) in [6.07, 6.45) is 16.0. The Morgan fingerprint density at radius 2 is 1.83 bits per heavy atom. The topological polar surface area (TPSA) is 21.6 Å². The van der Waals surface area contributed by atoms with E-state index in [4.69, 9.17) is 4.84 Å². The summed E-state index contributed by atoms with van der Waals surface area (Å²) in [5, 5.41) is 4.44. The van der Waals surface area contributed by atoms with Gasteiger partial charge in [0.05, 0.1) is 5.71 Å². The first-order chi connectivity index (χ1) is 13.6. The highest BCUT2D eigenvalue weighted by Gasteiger charge is 2.62. The molecule has 3 fully saturated rings. The predicted molar refractivity (Wildman–Crippen MR) is 125 cm³/mol. The quantitative estimate of drug-likeness (QED) is 0.185. The minimum absolute atomic E-state index is 0.388. The molecule has 0 amide bonds. The maximum absolute atomic E-state index is 5.65. The molecule has 0 aromatic carbocycles. The van der Waals surface area contributed by atoms with Gasteiger partial charge in [-0.05, 0) is 107 Å². The monoisotopic (exact) mass is 397 g/mol. The van der Waals surface area contributed by atoms with Crippen LogP contribution in [0.15, 0.2) is 40.1 Å². The first kappa shape index (κ1) is 22.4.